The quantitative estimate of drug-likeness (QED) is 0.676. The molecule has 4 nitrogen and oxygen atoms in total. The molecule has 0 amide bonds. The molecule has 1 saturated carbocycles. The highest BCUT2D eigenvalue weighted by molar-refractivity contribution is 5.64. The maximum atomic E-state index is 11.1. The summed E-state index contributed by atoms with van der Waals surface area (Å²) in [5, 5.41) is 14.4. The number of hydrogen-bond donors (Lipinski definition) is 1. The van der Waals surface area contributed by atoms with Gasteiger partial charge in [0, 0.05) is 18.0 Å². The normalized spacial score (nSPS) is 20.4. The van der Waals surface area contributed by atoms with Crippen LogP contribution in [0.2, 0.25) is 0 Å². The molecule has 2 unspecified atom stereocenters. The van der Waals surface area contributed by atoms with Crippen molar-refractivity contribution in [2.24, 2.45) is 0 Å². The van der Waals surface area contributed by atoms with Crippen LogP contribution in [0.5, 0.6) is 0 Å². The van der Waals surface area contributed by atoms with Crippen molar-refractivity contribution in [3.8, 4) is 0 Å². The van der Waals surface area contributed by atoms with Crippen LogP contribution in [0.25, 0.3) is 0 Å². The van der Waals surface area contributed by atoms with Crippen LogP contribution < -0.4 is 5.32 Å². The van der Waals surface area contributed by atoms with Crippen molar-refractivity contribution in [1.82, 2.24) is 0 Å². The monoisotopic (exact) mass is 268 g/mol. The Balaban J connectivity index is 1.77. The van der Waals surface area contributed by atoms with Crippen LogP contribution >= 0.6 is 0 Å². The second kappa shape index (κ2) is 4.96. The van der Waals surface area contributed by atoms with Crippen molar-refractivity contribution in [3.63, 3.8) is 0 Å². The van der Waals surface area contributed by atoms with E-state index in [-0.39, 0.29) is 16.7 Å². The number of benzene rings is 2. The SMILES string of the molecule is Cc1ccc([N+](=O)[O-])c(NC2CC2c2ccccc2)c1. The highest BCUT2D eigenvalue weighted by atomic mass is 16.6. The molecule has 1 aliphatic carbocycles. The van der Waals surface area contributed by atoms with E-state index in [0.717, 1.165) is 12.0 Å². The zero-order chi connectivity index (χ0) is 14.1. The third-order valence-corrected chi connectivity index (χ3v) is 3.71. The minimum Gasteiger partial charge on any atom is -0.376 e. The van der Waals surface area contributed by atoms with Crippen molar-refractivity contribution >= 4 is 11.4 Å². The fourth-order valence-corrected chi connectivity index (χ4v) is 2.55. The molecular formula is C16H16N2O2. The molecule has 1 N–H and O–H groups in total. The molecule has 0 bridgehead atoms. The number of nitro groups is 1. The molecule has 0 aliphatic heterocycles. The van der Waals surface area contributed by atoms with E-state index in [1.807, 2.05) is 31.2 Å². The summed E-state index contributed by atoms with van der Waals surface area (Å²) in [5.74, 6) is 0.455. The highest BCUT2D eigenvalue weighted by Crippen LogP contribution is 2.43. The number of nitro benzene ring substituents is 1. The largest absolute Gasteiger partial charge is 0.376 e. The Morgan fingerprint density at radius 3 is 2.65 bits per heavy atom. The highest BCUT2D eigenvalue weighted by Gasteiger charge is 2.39. The number of aryl methyl sites for hydroxylation is 1. The predicted octanol–water partition coefficient (Wildman–Crippen LogP) is 3.87. The molecule has 0 spiro atoms. The Labute approximate surface area is 117 Å². The Kier molecular flexibility index (Phi) is 3.14. The van der Waals surface area contributed by atoms with E-state index in [1.54, 1.807) is 12.1 Å². The molecule has 3 rings (SSSR count). The molecule has 0 heterocycles. The van der Waals surface area contributed by atoms with Gasteiger partial charge in [-0.25, -0.2) is 0 Å². The van der Waals surface area contributed by atoms with E-state index in [4.69, 9.17) is 0 Å². The molecule has 2 aromatic carbocycles. The average Bonchev–Trinajstić information content (AvgIpc) is 3.19. The van der Waals surface area contributed by atoms with Crippen molar-refractivity contribution in [1.29, 1.82) is 0 Å². The predicted molar refractivity (Wildman–Crippen MR) is 79.0 cm³/mol. The first-order valence-corrected chi connectivity index (χ1v) is 6.71. The van der Waals surface area contributed by atoms with Crippen molar-refractivity contribution < 1.29 is 4.92 Å². The first-order chi connectivity index (χ1) is 9.65. The van der Waals surface area contributed by atoms with Crippen LogP contribution in [0.3, 0.4) is 0 Å². The van der Waals surface area contributed by atoms with Gasteiger partial charge in [-0.2, -0.15) is 0 Å². The molecule has 2 aromatic rings. The zero-order valence-corrected chi connectivity index (χ0v) is 11.2. The summed E-state index contributed by atoms with van der Waals surface area (Å²) in [6.07, 6.45) is 1.02. The number of nitrogens with zero attached hydrogens (tertiary/aromatic N) is 1. The van der Waals surface area contributed by atoms with Crippen LogP contribution in [0.15, 0.2) is 48.5 Å². The Morgan fingerprint density at radius 2 is 1.95 bits per heavy atom. The summed E-state index contributed by atoms with van der Waals surface area (Å²) >= 11 is 0. The average molecular weight is 268 g/mol. The van der Waals surface area contributed by atoms with Crippen LogP contribution in [0.4, 0.5) is 11.4 Å². The topological polar surface area (TPSA) is 55.2 Å². The lowest BCUT2D eigenvalue weighted by Crippen LogP contribution is -2.06. The molecular weight excluding hydrogens is 252 g/mol. The molecule has 2 atom stereocenters. The molecule has 0 aromatic heterocycles. The zero-order valence-electron chi connectivity index (χ0n) is 11.2. The van der Waals surface area contributed by atoms with E-state index in [9.17, 15) is 10.1 Å². The van der Waals surface area contributed by atoms with Crippen LogP contribution in [0, 0.1) is 17.0 Å². The summed E-state index contributed by atoms with van der Waals surface area (Å²) in [7, 11) is 0. The second-order valence-corrected chi connectivity index (χ2v) is 5.28. The van der Waals surface area contributed by atoms with Crippen LogP contribution in [-0.4, -0.2) is 11.0 Å². The maximum Gasteiger partial charge on any atom is 0.292 e. The van der Waals surface area contributed by atoms with Crippen LogP contribution in [0.1, 0.15) is 23.5 Å². The number of nitrogens with one attached hydrogen (secondary N) is 1. The number of hydrogen-bond acceptors (Lipinski definition) is 3. The van der Waals surface area contributed by atoms with Crippen molar-refractivity contribution in [2.45, 2.75) is 25.3 Å². The molecule has 1 fully saturated rings. The van der Waals surface area contributed by atoms with Gasteiger partial charge in [0.1, 0.15) is 5.69 Å². The molecule has 4 heteroatoms. The van der Waals surface area contributed by atoms with Gasteiger partial charge in [-0.05, 0) is 30.5 Å². The molecule has 102 valence electrons. The van der Waals surface area contributed by atoms with Gasteiger partial charge in [-0.3, -0.25) is 10.1 Å². The van der Waals surface area contributed by atoms with Gasteiger partial charge in [0.05, 0.1) is 4.92 Å². The van der Waals surface area contributed by atoms with E-state index >= 15 is 0 Å². The van der Waals surface area contributed by atoms with E-state index in [0.29, 0.717) is 11.6 Å². The Hall–Kier alpha value is -2.36. The number of anilines is 1. The first kappa shape index (κ1) is 12.7. The smallest absolute Gasteiger partial charge is 0.292 e. The van der Waals surface area contributed by atoms with Crippen LogP contribution in [-0.2, 0) is 0 Å². The second-order valence-electron chi connectivity index (χ2n) is 5.28. The van der Waals surface area contributed by atoms with Gasteiger partial charge in [0.25, 0.3) is 5.69 Å². The summed E-state index contributed by atoms with van der Waals surface area (Å²) in [5.41, 5.74) is 3.09. The molecule has 0 radical (unpaired) electrons. The molecule has 1 aliphatic rings. The van der Waals surface area contributed by atoms with E-state index in [1.165, 1.54) is 5.56 Å². The van der Waals surface area contributed by atoms with Crippen molar-refractivity contribution in [2.75, 3.05) is 5.32 Å². The lowest BCUT2D eigenvalue weighted by Gasteiger charge is -2.08. The van der Waals surface area contributed by atoms with Gasteiger partial charge in [0.2, 0.25) is 0 Å². The molecule has 20 heavy (non-hydrogen) atoms. The summed E-state index contributed by atoms with van der Waals surface area (Å²) in [6, 6.07) is 15.7. The van der Waals surface area contributed by atoms with Gasteiger partial charge in [-0.15, -0.1) is 0 Å². The minimum atomic E-state index is -0.332. The summed E-state index contributed by atoms with van der Waals surface area (Å²) in [6.45, 7) is 1.94. The molecule has 0 saturated heterocycles. The van der Waals surface area contributed by atoms with E-state index < -0.39 is 0 Å². The van der Waals surface area contributed by atoms with Gasteiger partial charge in [0.15, 0.2) is 0 Å². The fraction of sp³-hybridized carbons (Fsp3) is 0.250. The first-order valence-electron chi connectivity index (χ1n) is 6.71. The third-order valence-electron chi connectivity index (χ3n) is 3.71. The number of rotatable bonds is 4. The van der Waals surface area contributed by atoms with E-state index in [2.05, 4.69) is 17.4 Å². The summed E-state index contributed by atoms with van der Waals surface area (Å²) in [4.78, 5) is 10.7. The van der Waals surface area contributed by atoms with Crippen molar-refractivity contribution in [3.05, 3.63) is 69.8 Å². The lowest BCUT2D eigenvalue weighted by molar-refractivity contribution is -0.384. The Bertz CT molecular complexity index is 640. The van der Waals surface area contributed by atoms with Gasteiger partial charge < -0.3 is 5.32 Å². The fourth-order valence-electron chi connectivity index (χ4n) is 2.55. The maximum absolute atomic E-state index is 11.1. The lowest BCUT2D eigenvalue weighted by atomic mass is 10.1. The standard InChI is InChI=1S/C16H16N2O2/c1-11-7-8-16(18(19)20)15(9-11)17-14-10-13(14)12-5-3-2-4-6-12/h2-9,13-14,17H,10H2,1H3. The van der Waals surface area contributed by atoms with Gasteiger partial charge in [-0.1, -0.05) is 36.4 Å². The Morgan fingerprint density at radius 1 is 1.20 bits per heavy atom. The third kappa shape index (κ3) is 2.50. The van der Waals surface area contributed by atoms with Gasteiger partial charge >= 0.3 is 0 Å². The summed E-state index contributed by atoms with van der Waals surface area (Å²) < 4.78 is 0. The minimum absolute atomic E-state index is 0.148.